The van der Waals surface area contributed by atoms with Crippen LogP contribution in [-0.4, -0.2) is 18.4 Å². The van der Waals surface area contributed by atoms with Crippen molar-refractivity contribution in [1.82, 2.24) is 4.98 Å². The smallest absolute Gasteiger partial charge is 0.230 e. The van der Waals surface area contributed by atoms with Crippen LogP contribution in [0.1, 0.15) is 10.4 Å². The largest absolute Gasteiger partial charge is 0.497 e. The van der Waals surface area contributed by atoms with Crippen molar-refractivity contribution in [2.75, 3.05) is 7.11 Å². The van der Waals surface area contributed by atoms with Crippen LogP contribution in [0.2, 0.25) is 5.02 Å². The van der Waals surface area contributed by atoms with Gasteiger partial charge in [-0.1, -0.05) is 17.7 Å². The molecule has 3 aromatic rings. The van der Waals surface area contributed by atoms with Gasteiger partial charge >= 0.3 is 0 Å². The van der Waals surface area contributed by atoms with Crippen LogP contribution in [0.25, 0.3) is 11.3 Å². The minimum atomic E-state index is -1.04. The van der Waals surface area contributed by atoms with E-state index in [0.29, 0.717) is 12.0 Å². The zero-order valence-electron chi connectivity index (χ0n) is 13.5. The number of methoxy groups -OCH3 is 1. The predicted octanol–water partition coefficient (Wildman–Crippen LogP) is 5.29. The van der Waals surface area contributed by atoms with Crippen molar-refractivity contribution in [3.05, 3.63) is 70.8 Å². The number of halogens is 3. The molecule has 0 aliphatic rings. The van der Waals surface area contributed by atoms with Crippen molar-refractivity contribution in [2.45, 2.75) is 0 Å². The maximum atomic E-state index is 14.0. The Balaban J connectivity index is 2.07. The van der Waals surface area contributed by atoms with E-state index in [1.54, 1.807) is 12.1 Å². The number of carbonyl (C=O) groups excluding carboxylic acids is 1. The van der Waals surface area contributed by atoms with Gasteiger partial charge in [-0.3, -0.25) is 4.79 Å². The number of pyridine rings is 1. The van der Waals surface area contributed by atoms with Gasteiger partial charge < -0.3 is 9.47 Å². The molecule has 0 N–H and O–H groups in total. The number of hydrogen-bond donors (Lipinski definition) is 0. The molecule has 0 aliphatic heterocycles. The lowest BCUT2D eigenvalue weighted by atomic mass is 10.1. The van der Waals surface area contributed by atoms with Crippen LogP contribution in [0.4, 0.5) is 8.78 Å². The third-order valence-electron chi connectivity index (χ3n) is 3.59. The molecule has 26 heavy (non-hydrogen) atoms. The lowest BCUT2D eigenvalue weighted by molar-refractivity contribution is 0.112. The molecule has 0 saturated heterocycles. The van der Waals surface area contributed by atoms with Gasteiger partial charge in [0.15, 0.2) is 23.7 Å². The van der Waals surface area contributed by atoms with E-state index < -0.39 is 11.6 Å². The molecule has 0 bridgehead atoms. The van der Waals surface area contributed by atoms with E-state index in [-0.39, 0.29) is 33.5 Å². The fourth-order valence-corrected chi connectivity index (χ4v) is 2.42. The molecule has 0 aliphatic carbocycles. The third-order valence-corrected chi connectivity index (χ3v) is 3.90. The molecule has 0 spiro atoms. The molecule has 1 heterocycles. The normalized spacial score (nSPS) is 10.5. The molecular formula is C19H12ClF2NO3. The monoisotopic (exact) mass is 375 g/mol. The Labute approximate surface area is 153 Å². The minimum absolute atomic E-state index is 0.0518. The summed E-state index contributed by atoms with van der Waals surface area (Å²) >= 11 is 6.10. The van der Waals surface area contributed by atoms with Gasteiger partial charge in [-0.15, -0.1) is 0 Å². The Kier molecular flexibility index (Phi) is 5.14. The maximum Gasteiger partial charge on any atom is 0.230 e. The highest BCUT2D eigenvalue weighted by Crippen LogP contribution is 2.34. The number of hydrogen-bond acceptors (Lipinski definition) is 4. The van der Waals surface area contributed by atoms with Crippen LogP contribution in [0.5, 0.6) is 17.4 Å². The van der Waals surface area contributed by atoms with Gasteiger partial charge in [0.2, 0.25) is 5.88 Å². The summed E-state index contributed by atoms with van der Waals surface area (Å²) in [6.45, 7) is 0. The van der Waals surface area contributed by atoms with Crippen molar-refractivity contribution < 1.29 is 23.0 Å². The third kappa shape index (κ3) is 3.50. The molecule has 0 unspecified atom stereocenters. The van der Waals surface area contributed by atoms with Gasteiger partial charge in [0.25, 0.3) is 0 Å². The van der Waals surface area contributed by atoms with Crippen LogP contribution in [0.3, 0.4) is 0 Å². The number of benzene rings is 2. The number of aldehydes is 1. The van der Waals surface area contributed by atoms with Gasteiger partial charge in [0.05, 0.1) is 23.4 Å². The summed E-state index contributed by atoms with van der Waals surface area (Å²) in [6.07, 6.45) is 0.544. The number of rotatable bonds is 5. The Bertz CT molecular complexity index is 979. The van der Waals surface area contributed by atoms with Crippen LogP contribution in [0, 0.1) is 11.6 Å². The summed E-state index contributed by atoms with van der Waals surface area (Å²) in [4.78, 5) is 15.4. The highest BCUT2D eigenvalue weighted by Gasteiger charge is 2.15. The van der Waals surface area contributed by atoms with Crippen molar-refractivity contribution in [1.29, 1.82) is 0 Å². The summed E-state index contributed by atoms with van der Waals surface area (Å²) in [5.74, 6) is -1.43. The second-order valence-electron chi connectivity index (χ2n) is 5.21. The van der Waals surface area contributed by atoms with E-state index in [4.69, 9.17) is 21.1 Å². The van der Waals surface area contributed by atoms with Crippen molar-refractivity contribution in [2.24, 2.45) is 0 Å². The molecule has 3 rings (SSSR count). The number of ether oxygens (including phenoxy) is 2. The van der Waals surface area contributed by atoms with Crippen LogP contribution in [-0.2, 0) is 0 Å². The first-order chi connectivity index (χ1) is 12.5. The van der Waals surface area contributed by atoms with Gasteiger partial charge in [0, 0.05) is 11.6 Å². The van der Waals surface area contributed by atoms with Gasteiger partial charge in [-0.2, -0.15) is 0 Å². The number of aromatic nitrogens is 1. The van der Waals surface area contributed by atoms with Gasteiger partial charge in [-0.05, 0) is 36.4 Å². The van der Waals surface area contributed by atoms with Crippen molar-refractivity contribution >= 4 is 17.9 Å². The van der Waals surface area contributed by atoms with Crippen LogP contribution in [0.15, 0.2) is 48.5 Å². The average Bonchev–Trinajstić information content (AvgIpc) is 2.65. The topological polar surface area (TPSA) is 48.4 Å². The molecule has 1 aromatic heterocycles. The highest BCUT2D eigenvalue weighted by molar-refractivity contribution is 6.32. The molecular weight excluding hydrogens is 364 g/mol. The molecule has 0 fully saturated rings. The molecule has 7 heteroatoms. The fraction of sp³-hybridized carbons (Fsp3) is 0.0526. The average molecular weight is 376 g/mol. The first kappa shape index (κ1) is 17.8. The predicted molar refractivity (Wildman–Crippen MR) is 93.1 cm³/mol. The number of carbonyl (C=O) groups is 1. The van der Waals surface area contributed by atoms with Gasteiger partial charge in [0.1, 0.15) is 5.75 Å². The highest BCUT2D eigenvalue weighted by atomic mass is 35.5. The summed E-state index contributed by atoms with van der Waals surface area (Å²) in [5, 5.41) is 0.270. The van der Waals surface area contributed by atoms with Gasteiger partial charge in [-0.25, -0.2) is 13.8 Å². The van der Waals surface area contributed by atoms with Crippen LogP contribution < -0.4 is 9.47 Å². The summed E-state index contributed by atoms with van der Waals surface area (Å²) in [6, 6.07) is 11.3. The Morgan fingerprint density at radius 1 is 1.12 bits per heavy atom. The first-order valence-electron chi connectivity index (χ1n) is 7.45. The second-order valence-corrected chi connectivity index (χ2v) is 5.62. The summed E-state index contributed by atoms with van der Waals surface area (Å²) < 4.78 is 38.2. The molecule has 0 amide bonds. The lowest BCUT2D eigenvalue weighted by Gasteiger charge is -2.12. The quantitative estimate of drug-likeness (QED) is 0.568. The van der Waals surface area contributed by atoms with E-state index in [1.807, 2.05) is 0 Å². The van der Waals surface area contributed by atoms with Crippen LogP contribution >= 0.6 is 11.6 Å². The van der Waals surface area contributed by atoms with Crippen molar-refractivity contribution in [3.63, 3.8) is 0 Å². The maximum absolute atomic E-state index is 14.0. The Morgan fingerprint density at radius 2 is 1.92 bits per heavy atom. The molecule has 0 radical (unpaired) electrons. The van der Waals surface area contributed by atoms with E-state index in [0.717, 1.165) is 6.07 Å². The second kappa shape index (κ2) is 7.49. The van der Waals surface area contributed by atoms with Crippen molar-refractivity contribution in [3.8, 4) is 28.6 Å². The fourth-order valence-electron chi connectivity index (χ4n) is 2.27. The Morgan fingerprint density at radius 3 is 2.65 bits per heavy atom. The number of nitrogens with zero attached hydrogens (tertiary/aromatic N) is 1. The SMILES string of the molecule is COc1ccc(Cl)c(Oc2nc(-c3cccc(F)c3F)ccc2C=O)c1. The molecule has 132 valence electrons. The van der Waals surface area contributed by atoms with E-state index in [2.05, 4.69) is 4.98 Å². The first-order valence-corrected chi connectivity index (χ1v) is 7.83. The molecule has 0 saturated carbocycles. The minimum Gasteiger partial charge on any atom is -0.497 e. The lowest BCUT2D eigenvalue weighted by Crippen LogP contribution is -1.98. The summed E-state index contributed by atoms with van der Waals surface area (Å²) in [5.41, 5.74) is 0.190. The van der Waals surface area contributed by atoms with E-state index in [1.165, 1.54) is 37.4 Å². The zero-order valence-corrected chi connectivity index (χ0v) is 14.3. The molecule has 0 atom stereocenters. The van der Waals surface area contributed by atoms with E-state index >= 15 is 0 Å². The molecule has 2 aromatic carbocycles. The summed E-state index contributed by atoms with van der Waals surface area (Å²) in [7, 11) is 1.48. The van der Waals surface area contributed by atoms with E-state index in [9.17, 15) is 13.6 Å². The standard InChI is InChI=1S/C19H12ClF2NO3/c1-25-12-6-7-14(20)17(9-12)26-19-11(10-24)5-8-16(23-19)13-3-2-4-15(21)18(13)22/h2-10H,1H3. The Hall–Kier alpha value is -2.99. The molecule has 4 nitrogen and oxygen atoms in total. The zero-order chi connectivity index (χ0) is 18.7.